The van der Waals surface area contributed by atoms with Gasteiger partial charge in [0.05, 0.1) is 11.3 Å². The van der Waals surface area contributed by atoms with Crippen LogP contribution in [0.2, 0.25) is 0 Å². The second-order valence-corrected chi connectivity index (χ2v) is 8.18. The van der Waals surface area contributed by atoms with E-state index in [1.165, 1.54) is 31.0 Å². The summed E-state index contributed by atoms with van der Waals surface area (Å²) in [5.41, 5.74) is 0.772. The Morgan fingerprint density at radius 3 is 2.92 bits per heavy atom. The lowest BCUT2D eigenvalue weighted by molar-refractivity contribution is -0.115. The molecule has 6 nitrogen and oxygen atoms in total. The number of tetrazole rings is 1. The third-order valence-electron chi connectivity index (χ3n) is 4.13. The van der Waals surface area contributed by atoms with Crippen LogP contribution in [-0.2, 0) is 4.79 Å². The number of nitrogens with zero attached hydrogens (tertiary/aromatic N) is 4. The second-order valence-electron chi connectivity index (χ2n) is 5.96. The molecule has 0 unspecified atom stereocenters. The number of carbonyl (C=O) groups is 1. The molecule has 0 aliphatic heterocycles. The Balaban J connectivity index is 1.63. The number of hydrogen-bond donors (Lipinski definition) is 1. The first-order chi connectivity index (χ1) is 11.6. The van der Waals surface area contributed by atoms with Crippen molar-refractivity contribution in [2.75, 3.05) is 5.32 Å². The molecule has 1 aromatic carbocycles. The normalized spacial score (nSPS) is 16.8. The Labute approximate surface area is 153 Å². The summed E-state index contributed by atoms with van der Waals surface area (Å²) in [5.74, 6) is -0.0590. The summed E-state index contributed by atoms with van der Waals surface area (Å²) in [5, 5.41) is 15.4. The fourth-order valence-corrected chi connectivity index (χ4v) is 4.10. The number of amides is 1. The molecule has 3 rings (SSSR count). The number of thioether (sulfide) groups is 1. The average molecular weight is 410 g/mol. The van der Waals surface area contributed by atoms with Gasteiger partial charge in [0, 0.05) is 10.2 Å². The van der Waals surface area contributed by atoms with Crippen molar-refractivity contribution in [2.45, 2.75) is 55.5 Å². The first-order valence-corrected chi connectivity index (χ1v) is 9.81. The minimum Gasteiger partial charge on any atom is -0.325 e. The van der Waals surface area contributed by atoms with Gasteiger partial charge in [-0.3, -0.25) is 4.79 Å². The zero-order chi connectivity index (χ0) is 16.9. The molecule has 8 heteroatoms. The maximum Gasteiger partial charge on any atom is 0.237 e. The van der Waals surface area contributed by atoms with Crippen molar-refractivity contribution in [3.8, 4) is 0 Å². The van der Waals surface area contributed by atoms with Gasteiger partial charge in [0.1, 0.15) is 0 Å². The van der Waals surface area contributed by atoms with Crippen LogP contribution in [-0.4, -0.2) is 31.4 Å². The number of nitrogens with one attached hydrogen (secondary N) is 1. The number of benzene rings is 1. The van der Waals surface area contributed by atoms with E-state index in [2.05, 4.69) is 36.8 Å². The first-order valence-electron chi connectivity index (χ1n) is 8.14. The monoisotopic (exact) mass is 409 g/mol. The van der Waals surface area contributed by atoms with Crippen molar-refractivity contribution in [2.24, 2.45) is 0 Å². The molecule has 1 N–H and O–H groups in total. The number of rotatable bonds is 5. The number of carbonyl (C=O) groups excluding carboxylic acids is 1. The first kappa shape index (κ1) is 17.4. The zero-order valence-corrected chi connectivity index (χ0v) is 15.9. The van der Waals surface area contributed by atoms with Gasteiger partial charge in [-0.25, -0.2) is 4.68 Å². The third kappa shape index (κ3) is 4.36. The molecule has 0 spiro atoms. The second kappa shape index (κ2) is 8.11. The maximum absolute atomic E-state index is 12.4. The molecule has 128 valence electrons. The smallest absolute Gasteiger partial charge is 0.237 e. The lowest BCUT2D eigenvalue weighted by Crippen LogP contribution is -2.23. The molecule has 2 aromatic rings. The number of halogens is 1. The summed E-state index contributed by atoms with van der Waals surface area (Å²) in [4.78, 5) is 12.4. The predicted molar refractivity (Wildman–Crippen MR) is 98.0 cm³/mol. The highest BCUT2D eigenvalue weighted by molar-refractivity contribution is 9.10. The number of anilines is 1. The minimum atomic E-state index is -0.280. The molecule has 1 amide bonds. The highest BCUT2D eigenvalue weighted by atomic mass is 79.9. The lowest BCUT2D eigenvalue weighted by Gasteiger charge is -2.22. The van der Waals surface area contributed by atoms with Gasteiger partial charge >= 0.3 is 0 Å². The topological polar surface area (TPSA) is 72.7 Å². The molecule has 0 radical (unpaired) electrons. The van der Waals surface area contributed by atoms with Crippen LogP contribution >= 0.6 is 27.7 Å². The molecular weight excluding hydrogens is 390 g/mol. The van der Waals surface area contributed by atoms with Gasteiger partial charge in [-0.2, -0.15) is 0 Å². The SMILES string of the molecule is C[C@H](Sc1nnnn1C1CCCCC1)C(=O)Nc1cccc(Br)c1. The highest BCUT2D eigenvalue weighted by Crippen LogP contribution is 2.31. The molecule has 1 atom stereocenters. The Bertz CT molecular complexity index is 701. The standard InChI is InChI=1S/C16H20BrN5OS/c1-11(15(23)18-13-7-5-6-12(17)10-13)24-16-19-20-21-22(16)14-8-3-2-4-9-14/h5-7,10-11,14H,2-4,8-9H2,1H3,(H,18,23)/t11-/m0/s1. The third-order valence-corrected chi connectivity index (χ3v) is 5.67. The van der Waals surface area contributed by atoms with Crippen molar-refractivity contribution < 1.29 is 4.79 Å². The van der Waals surface area contributed by atoms with Crippen LogP contribution in [0.3, 0.4) is 0 Å². The van der Waals surface area contributed by atoms with Crippen molar-refractivity contribution in [3.05, 3.63) is 28.7 Å². The molecule has 1 saturated carbocycles. The van der Waals surface area contributed by atoms with Gasteiger partial charge < -0.3 is 5.32 Å². The fraction of sp³-hybridized carbons (Fsp3) is 0.500. The Morgan fingerprint density at radius 1 is 1.38 bits per heavy atom. The van der Waals surface area contributed by atoms with Gasteiger partial charge in [0.15, 0.2) is 0 Å². The van der Waals surface area contributed by atoms with E-state index in [0.29, 0.717) is 6.04 Å². The van der Waals surface area contributed by atoms with Crippen LogP contribution in [0.25, 0.3) is 0 Å². The minimum absolute atomic E-state index is 0.0590. The largest absolute Gasteiger partial charge is 0.325 e. The van der Waals surface area contributed by atoms with Crippen LogP contribution in [0.1, 0.15) is 45.1 Å². The van der Waals surface area contributed by atoms with Gasteiger partial charge in [0.2, 0.25) is 11.1 Å². The summed E-state index contributed by atoms with van der Waals surface area (Å²) in [7, 11) is 0. The average Bonchev–Trinajstić information content (AvgIpc) is 3.03. The van der Waals surface area contributed by atoms with Crippen LogP contribution in [0.4, 0.5) is 5.69 Å². The van der Waals surface area contributed by atoms with Gasteiger partial charge in [-0.1, -0.05) is 53.0 Å². The summed E-state index contributed by atoms with van der Waals surface area (Å²) >= 11 is 4.81. The maximum atomic E-state index is 12.4. The highest BCUT2D eigenvalue weighted by Gasteiger charge is 2.23. The van der Waals surface area contributed by atoms with Crippen LogP contribution in [0, 0.1) is 0 Å². The molecule has 0 saturated heterocycles. The van der Waals surface area contributed by atoms with Crippen molar-refractivity contribution >= 4 is 39.3 Å². The lowest BCUT2D eigenvalue weighted by atomic mass is 9.96. The van der Waals surface area contributed by atoms with Crippen LogP contribution in [0.15, 0.2) is 33.9 Å². The van der Waals surface area contributed by atoms with Gasteiger partial charge in [0.25, 0.3) is 0 Å². The summed E-state index contributed by atoms with van der Waals surface area (Å²) in [6.45, 7) is 1.87. The number of aromatic nitrogens is 4. The summed E-state index contributed by atoms with van der Waals surface area (Å²) in [6, 6.07) is 7.91. The van der Waals surface area contributed by atoms with E-state index in [-0.39, 0.29) is 11.2 Å². The van der Waals surface area contributed by atoms with E-state index < -0.39 is 0 Å². The molecule has 1 aliphatic carbocycles. The molecule has 1 aromatic heterocycles. The van der Waals surface area contributed by atoms with E-state index in [0.717, 1.165) is 28.2 Å². The van der Waals surface area contributed by atoms with Gasteiger partial charge in [-0.05, 0) is 48.4 Å². The summed E-state index contributed by atoms with van der Waals surface area (Å²) < 4.78 is 2.83. The molecular formula is C16H20BrN5OS. The van der Waals surface area contributed by atoms with Crippen LogP contribution < -0.4 is 5.32 Å². The Morgan fingerprint density at radius 2 is 2.17 bits per heavy atom. The Kier molecular flexibility index (Phi) is 5.89. The fourth-order valence-electron chi connectivity index (χ4n) is 2.84. The predicted octanol–water partition coefficient (Wildman–Crippen LogP) is 4.06. The Hall–Kier alpha value is -1.41. The molecule has 24 heavy (non-hydrogen) atoms. The summed E-state index contributed by atoms with van der Waals surface area (Å²) in [6.07, 6.45) is 5.93. The van der Waals surface area contributed by atoms with Crippen molar-refractivity contribution in [3.63, 3.8) is 0 Å². The van der Waals surface area contributed by atoms with E-state index in [1.807, 2.05) is 35.9 Å². The van der Waals surface area contributed by atoms with E-state index in [1.54, 1.807) is 0 Å². The quantitative estimate of drug-likeness (QED) is 0.753. The zero-order valence-electron chi connectivity index (χ0n) is 13.5. The molecule has 1 fully saturated rings. The van der Waals surface area contributed by atoms with Crippen molar-refractivity contribution in [1.29, 1.82) is 0 Å². The van der Waals surface area contributed by atoms with E-state index >= 15 is 0 Å². The van der Waals surface area contributed by atoms with Crippen molar-refractivity contribution in [1.82, 2.24) is 20.2 Å². The molecule has 1 heterocycles. The number of hydrogen-bond acceptors (Lipinski definition) is 5. The van der Waals surface area contributed by atoms with Crippen LogP contribution in [0.5, 0.6) is 0 Å². The molecule has 0 bridgehead atoms. The molecule has 1 aliphatic rings. The van der Waals surface area contributed by atoms with E-state index in [4.69, 9.17) is 0 Å². The van der Waals surface area contributed by atoms with Gasteiger partial charge in [-0.15, -0.1) is 5.10 Å². The van der Waals surface area contributed by atoms with E-state index in [9.17, 15) is 4.79 Å².